The Balaban J connectivity index is 1.61. The maximum Gasteiger partial charge on any atom is 0.263 e. The Morgan fingerprint density at radius 2 is 2.03 bits per heavy atom. The fraction of sp³-hybridized carbons (Fsp3) is 0.261. The monoisotopic (exact) mass is 435 g/mol. The number of allylic oxidation sites excluding steroid dienone is 1. The lowest BCUT2D eigenvalue weighted by molar-refractivity contribution is 0.187. The Morgan fingerprint density at radius 3 is 2.77 bits per heavy atom. The van der Waals surface area contributed by atoms with Crippen LogP contribution in [0, 0.1) is 10.6 Å². The van der Waals surface area contributed by atoms with Gasteiger partial charge in [0, 0.05) is 19.1 Å². The Morgan fingerprint density at radius 1 is 1.23 bits per heavy atom. The largest absolute Gasteiger partial charge is 0.277 e. The van der Waals surface area contributed by atoms with Crippen molar-refractivity contribution in [1.82, 2.24) is 23.6 Å². The van der Waals surface area contributed by atoms with Gasteiger partial charge < -0.3 is 0 Å². The van der Waals surface area contributed by atoms with E-state index in [-0.39, 0.29) is 11.4 Å². The summed E-state index contributed by atoms with van der Waals surface area (Å²) in [7, 11) is 0. The summed E-state index contributed by atoms with van der Waals surface area (Å²) in [6.07, 6.45) is 3.87. The third kappa shape index (κ3) is 3.62. The molecule has 2 heterocycles. The molecule has 5 rings (SSSR count). The van der Waals surface area contributed by atoms with Gasteiger partial charge >= 0.3 is 0 Å². The van der Waals surface area contributed by atoms with E-state index in [0.29, 0.717) is 41.7 Å². The molecule has 0 unspecified atom stereocenters. The standard InChI is InChI=1S/C23H22FN5OS/c1-2-12-27-21(30)19-8-3-4-9-20(19)29-22(27)25-28(23(29)31)15-26(18-10-11-18)14-16-6-5-7-17(24)13-16/h2-9,13,18H,1,10-12,14-15H2. The van der Waals surface area contributed by atoms with Gasteiger partial charge in [0.05, 0.1) is 17.6 Å². The van der Waals surface area contributed by atoms with Crippen molar-refractivity contribution in [3.8, 4) is 0 Å². The molecule has 0 N–H and O–H groups in total. The lowest BCUT2D eigenvalue weighted by Crippen LogP contribution is -2.29. The zero-order valence-corrected chi connectivity index (χ0v) is 17.8. The number of para-hydroxylation sites is 1. The van der Waals surface area contributed by atoms with Gasteiger partial charge in [-0.15, -0.1) is 11.7 Å². The molecule has 1 fully saturated rings. The molecule has 1 aliphatic rings. The zero-order chi connectivity index (χ0) is 21.5. The van der Waals surface area contributed by atoms with E-state index >= 15 is 0 Å². The lowest BCUT2D eigenvalue weighted by atomic mass is 10.2. The number of hydrogen-bond donors (Lipinski definition) is 0. The quantitative estimate of drug-likeness (QED) is 0.324. The van der Waals surface area contributed by atoms with E-state index in [1.807, 2.05) is 28.7 Å². The summed E-state index contributed by atoms with van der Waals surface area (Å²) >= 11 is 5.79. The van der Waals surface area contributed by atoms with Crippen LogP contribution in [0.3, 0.4) is 0 Å². The second-order valence-electron chi connectivity index (χ2n) is 7.89. The van der Waals surface area contributed by atoms with Gasteiger partial charge in [0.15, 0.2) is 0 Å². The molecule has 0 bridgehead atoms. The van der Waals surface area contributed by atoms with Crippen LogP contribution < -0.4 is 5.56 Å². The summed E-state index contributed by atoms with van der Waals surface area (Å²) in [6.45, 7) is 5.20. The van der Waals surface area contributed by atoms with E-state index in [2.05, 4.69) is 11.5 Å². The molecule has 158 valence electrons. The van der Waals surface area contributed by atoms with Crippen molar-refractivity contribution in [3.63, 3.8) is 0 Å². The summed E-state index contributed by atoms with van der Waals surface area (Å²) in [6, 6.07) is 14.5. The lowest BCUT2D eigenvalue weighted by Gasteiger charge is -2.21. The van der Waals surface area contributed by atoms with Gasteiger partial charge in [0.25, 0.3) is 5.56 Å². The first-order chi connectivity index (χ1) is 15.1. The van der Waals surface area contributed by atoms with E-state index in [1.54, 1.807) is 33.5 Å². The van der Waals surface area contributed by atoms with Gasteiger partial charge in [0.2, 0.25) is 10.5 Å². The molecule has 6 nitrogen and oxygen atoms in total. The minimum absolute atomic E-state index is 0.117. The van der Waals surface area contributed by atoms with Gasteiger partial charge in [0.1, 0.15) is 5.82 Å². The number of aromatic nitrogens is 4. The predicted octanol–water partition coefficient (Wildman–Crippen LogP) is 4.13. The molecule has 0 atom stereocenters. The minimum Gasteiger partial charge on any atom is -0.277 e. The molecule has 4 aromatic rings. The molecule has 2 aromatic carbocycles. The summed E-state index contributed by atoms with van der Waals surface area (Å²) < 4.78 is 19.4. The van der Waals surface area contributed by atoms with Crippen molar-refractivity contribution >= 4 is 28.9 Å². The normalized spacial score (nSPS) is 14.0. The molecule has 0 radical (unpaired) electrons. The molecule has 8 heteroatoms. The summed E-state index contributed by atoms with van der Waals surface area (Å²) in [4.78, 5) is 15.3. The van der Waals surface area contributed by atoms with Crippen molar-refractivity contribution < 1.29 is 4.39 Å². The van der Waals surface area contributed by atoms with Gasteiger partial charge in [-0.05, 0) is 54.9 Å². The van der Waals surface area contributed by atoms with Crippen molar-refractivity contribution in [2.24, 2.45) is 0 Å². The predicted molar refractivity (Wildman–Crippen MR) is 121 cm³/mol. The molecule has 31 heavy (non-hydrogen) atoms. The van der Waals surface area contributed by atoms with Gasteiger partial charge in [-0.2, -0.15) is 0 Å². The van der Waals surface area contributed by atoms with Crippen molar-refractivity contribution in [2.45, 2.75) is 38.6 Å². The Labute approximate surface area is 183 Å². The number of benzene rings is 2. The van der Waals surface area contributed by atoms with E-state index in [4.69, 9.17) is 17.3 Å². The topological polar surface area (TPSA) is 47.5 Å². The molecule has 0 aliphatic heterocycles. The smallest absolute Gasteiger partial charge is 0.263 e. The minimum atomic E-state index is -0.238. The summed E-state index contributed by atoms with van der Waals surface area (Å²) in [5.74, 6) is 0.257. The first kappa shape index (κ1) is 19.8. The highest BCUT2D eigenvalue weighted by molar-refractivity contribution is 7.71. The van der Waals surface area contributed by atoms with Crippen molar-refractivity contribution in [1.29, 1.82) is 0 Å². The maximum absolute atomic E-state index is 13.7. The van der Waals surface area contributed by atoms with Gasteiger partial charge in [-0.1, -0.05) is 30.3 Å². The third-order valence-electron chi connectivity index (χ3n) is 5.65. The second kappa shape index (κ2) is 7.86. The number of hydrogen-bond acceptors (Lipinski definition) is 4. The molecule has 2 aromatic heterocycles. The van der Waals surface area contributed by atoms with Crippen LogP contribution in [-0.2, 0) is 19.8 Å². The van der Waals surface area contributed by atoms with Crippen LogP contribution in [0.25, 0.3) is 16.7 Å². The fourth-order valence-corrected chi connectivity index (χ4v) is 4.31. The SMILES string of the molecule is C=CCn1c(=O)c2ccccc2n2c(=S)n(CN(Cc3cccc(F)c3)C3CC3)nc12. The summed E-state index contributed by atoms with van der Waals surface area (Å²) in [5.41, 5.74) is 1.53. The third-order valence-corrected chi connectivity index (χ3v) is 6.04. The number of halogens is 1. The molecular formula is C23H22FN5OS. The number of rotatable bonds is 7. The van der Waals surface area contributed by atoms with E-state index < -0.39 is 0 Å². The van der Waals surface area contributed by atoms with Crippen LogP contribution in [0.15, 0.2) is 66.0 Å². The Bertz CT molecular complexity index is 1420. The Kier molecular flexibility index (Phi) is 5.03. The summed E-state index contributed by atoms with van der Waals surface area (Å²) in [5, 5.41) is 5.32. The number of fused-ring (bicyclic) bond motifs is 3. The van der Waals surface area contributed by atoms with Crippen molar-refractivity contribution in [2.75, 3.05) is 0 Å². The zero-order valence-electron chi connectivity index (χ0n) is 16.9. The molecule has 1 aliphatic carbocycles. The van der Waals surface area contributed by atoms with Crippen LogP contribution in [0.1, 0.15) is 18.4 Å². The van der Waals surface area contributed by atoms with Crippen LogP contribution >= 0.6 is 12.2 Å². The highest BCUT2D eigenvalue weighted by Crippen LogP contribution is 2.29. The van der Waals surface area contributed by atoms with Gasteiger partial charge in [-0.3, -0.25) is 18.7 Å². The molecular weight excluding hydrogens is 413 g/mol. The second-order valence-corrected chi connectivity index (χ2v) is 8.25. The highest BCUT2D eigenvalue weighted by Gasteiger charge is 2.30. The first-order valence-electron chi connectivity index (χ1n) is 10.3. The molecule has 0 saturated heterocycles. The van der Waals surface area contributed by atoms with Crippen molar-refractivity contribution in [3.05, 3.63) is 87.7 Å². The molecule has 0 spiro atoms. The van der Waals surface area contributed by atoms with Crippen LogP contribution in [0.2, 0.25) is 0 Å². The molecule has 0 amide bonds. The van der Waals surface area contributed by atoms with Crippen LogP contribution in [0.5, 0.6) is 0 Å². The Hall–Kier alpha value is -3.10. The van der Waals surface area contributed by atoms with Gasteiger partial charge in [-0.25, -0.2) is 9.07 Å². The van der Waals surface area contributed by atoms with E-state index in [1.165, 1.54) is 6.07 Å². The molecule has 1 saturated carbocycles. The van der Waals surface area contributed by atoms with E-state index in [9.17, 15) is 9.18 Å². The number of nitrogens with zero attached hydrogens (tertiary/aromatic N) is 5. The van der Waals surface area contributed by atoms with Crippen LogP contribution in [-0.4, -0.2) is 29.7 Å². The average Bonchev–Trinajstić information content (AvgIpc) is 3.56. The van der Waals surface area contributed by atoms with E-state index in [0.717, 1.165) is 23.9 Å². The fourth-order valence-electron chi connectivity index (χ4n) is 4.03. The average molecular weight is 436 g/mol. The maximum atomic E-state index is 13.7. The first-order valence-corrected chi connectivity index (χ1v) is 10.7. The van der Waals surface area contributed by atoms with Crippen LogP contribution in [0.4, 0.5) is 4.39 Å². The highest BCUT2D eigenvalue weighted by atomic mass is 32.1.